The van der Waals surface area contributed by atoms with E-state index < -0.39 is 0 Å². The molecule has 0 aliphatic rings. The van der Waals surface area contributed by atoms with Gasteiger partial charge in [0.15, 0.2) is 18.1 Å². The van der Waals surface area contributed by atoms with Gasteiger partial charge < -0.3 is 14.8 Å². The van der Waals surface area contributed by atoms with Crippen molar-refractivity contribution >= 4 is 12.2 Å². The molecule has 0 heterocycles. The number of rotatable bonds is 8. The van der Waals surface area contributed by atoms with Gasteiger partial charge in [-0.05, 0) is 24.6 Å². The molecule has 0 spiro atoms. The molecule has 19 heavy (non-hydrogen) atoms. The molecule has 0 aliphatic carbocycles. The Kier molecular flexibility index (Phi) is 6.43. The summed E-state index contributed by atoms with van der Waals surface area (Å²) in [5.74, 6) is 0.708. The molecule has 104 valence electrons. The third-order valence-electron chi connectivity index (χ3n) is 2.54. The Morgan fingerprint density at radius 1 is 1.37 bits per heavy atom. The van der Waals surface area contributed by atoms with E-state index in [2.05, 4.69) is 12.2 Å². The van der Waals surface area contributed by atoms with Gasteiger partial charge in [-0.15, -0.1) is 0 Å². The zero-order valence-electron chi connectivity index (χ0n) is 11.3. The Hall–Kier alpha value is -2.04. The fourth-order valence-electron chi connectivity index (χ4n) is 1.48. The van der Waals surface area contributed by atoms with Gasteiger partial charge in [-0.2, -0.15) is 0 Å². The molecule has 1 rings (SSSR count). The van der Waals surface area contributed by atoms with E-state index in [9.17, 15) is 9.59 Å². The minimum Gasteiger partial charge on any atom is -0.493 e. The molecule has 1 N–H and O–H groups in total. The predicted octanol–water partition coefficient (Wildman–Crippen LogP) is 1.80. The Morgan fingerprint density at radius 3 is 2.79 bits per heavy atom. The summed E-state index contributed by atoms with van der Waals surface area (Å²) in [7, 11) is 1.48. The SMILES string of the molecule is CCCCNC(=O)COc1ccc(C=O)cc1OC. The van der Waals surface area contributed by atoms with Crippen LogP contribution in [0.2, 0.25) is 0 Å². The van der Waals surface area contributed by atoms with Crippen molar-refractivity contribution in [3.8, 4) is 11.5 Å². The Morgan fingerprint density at radius 2 is 2.16 bits per heavy atom. The van der Waals surface area contributed by atoms with Gasteiger partial charge >= 0.3 is 0 Å². The molecule has 1 aromatic carbocycles. The van der Waals surface area contributed by atoms with Gasteiger partial charge in [0, 0.05) is 12.1 Å². The number of carbonyl (C=O) groups is 2. The van der Waals surface area contributed by atoms with E-state index in [0.29, 0.717) is 23.6 Å². The number of nitrogens with one attached hydrogen (secondary N) is 1. The standard InChI is InChI=1S/C14H19NO4/c1-3-4-7-15-14(17)10-19-12-6-5-11(9-16)8-13(12)18-2/h5-6,8-9H,3-4,7,10H2,1-2H3,(H,15,17). The molecule has 0 fully saturated rings. The molecule has 0 unspecified atom stereocenters. The van der Waals surface area contributed by atoms with Crippen molar-refractivity contribution in [2.75, 3.05) is 20.3 Å². The topological polar surface area (TPSA) is 64.6 Å². The summed E-state index contributed by atoms with van der Waals surface area (Å²) < 4.78 is 10.5. The van der Waals surface area contributed by atoms with E-state index in [4.69, 9.17) is 9.47 Å². The lowest BCUT2D eigenvalue weighted by Gasteiger charge is -2.11. The average molecular weight is 265 g/mol. The third-order valence-corrected chi connectivity index (χ3v) is 2.54. The molecule has 1 aromatic rings. The van der Waals surface area contributed by atoms with Crippen molar-refractivity contribution in [3.63, 3.8) is 0 Å². The number of unbranched alkanes of at least 4 members (excludes halogenated alkanes) is 1. The molecule has 5 heteroatoms. The van der Waals surface area contributed by atoms with Gasteiger partial charge in [0.2, 0.25) is 0 Å². The average Bonchev–Trinajstić information content (AvgIpc) is 2.45. The number of methoxy groups -OCH3 is 1. The first-order valence-electron chi connectivity index (χ1n) is 6.24. The molecule has 0 atom stereocenters. The van der Waals surface area contributed by atoms with Crippen LogP contribution in [0, 0.1) is 0 Å². The maximum absolute atomic E-state index is 11.5. The molecule has 0 aliphatic heterocycles. The van der Waals surface area contributed by atoms with Crippen LogP contribution in [0.25, 0.3) is 0 Å². The van der Waals surface area contributed by atoms with Crippen LogP contribution >= 0.6 is 0 Å². The van der Waals surface area contributed by atoms with Crippen molar-refractivity contribution in [2.24, 2.45) is 0 Å². The van der Waals surface area contributed by atoms with Crippen LogP contribution in [0.4, 0.5) is 0 Å². The van der Waals surface area contributed by atoms with E-state index >= 15 is 0 Å². The van der Waals surface area contributed by atoms with Crippen molar-refractivity contribution in [2.45, 2.75) is 19.8 Å². The minimum atomic E-state index is -0.171. The second-order valence-corrected chi connectivity index (χ2v) is 4.02. The highest BCUT2D eigenvalue weighted by Gasteiger charge is 2.08. The van der Waals surface area contributed by atoms with Crippen LogP contribution in [-0.4, -0.2) is 32.5 Å². The molecule has 0 saturated heterocycles. The van der Waals surface area contributed by atoms with E-state index in [1.54, 1.807) is 18.2 Å². The number of hydrogen-bond acceptors (Lipinski definition) is 4. The largest absolute Gasteiger partial charge is 0.493 e. The van der Waals surface area contributed by atoms with Gasteiger partial charge in [0.25, 0.3) is 5.91 Å². The first-order valence-corrected chi connectivity index (χ1v) is 6.24. The second kappa shape index (κ2) is 8.13. The maximum Gasteiger partial charge on any atom is 0.257 e. The maximum atomic E-state index is 11.5. The van der Waals surface area contributed by atoms with Crippen LogP contribution in [0.1, 0.15) is 30.1 Å². The van der Waals surface area contributed by atoms with Crippen molar-refractivity contribution in [3.05, 3.63) is 23.8 Å². The highest BCUT2D eigenvalue weighted by molar-refractivity contribution is 5.78. The van der Waals surface area contributed by atoms with Gasteiger partial charge in [-0.1, -0.05) is 13.3 Å². The summed E-state index contributed by atoms with van der Waals surface area (Å²) in [5.41, 5.74) is 0.497. The van der Waals surface area contributed by atoms with Crippen LogP contribution in [0.15, 0.2) is 18.2 Å². The molecular formula is C14H19NO4. The monoisotopic (exact) mass is 265 g/mol. The highest BCUT2D eigenvalue weighted by atomic mass is 16.5. The van der Waals surface area contributed by atoms with E-state index in [1.165, 1.54) is 7.11 Å². The number of carbonyl (C=O) groups excluding carboxylic acids is 2. The number of ether oxygens (including phenoxy) is 2. The fourth-order valence-corrected chi connectivity index (χ4v) is 1.48. The normalized spacial score (nSPS) is 9.79. The van der Waals surface area contributed by atoms with Gasteiger partial charge in [-0.25, -0.2) is 0 Å². The summed E-state index contributed by atoms with van der Waals surface area (Å²) >= 11 is 0. The number of amides is 1. The van der Waals surface area contributed by atoms with E-state index in [0.717, 1.165) is 19.1 Å². The summed E-state index contributed by atoms with van der Waals surface area (Å²) in [4.78, 5) is 22.1. The lowest BCUT2D eigenvalue weighted by atomic mass is 10.2. The fraction of sp³-hybridized carbons (Fsp3) is 0.429. The van der Waals surface area contributed by atoms with E-state index in [-0.39, 0.29) is 12.5 Å². The van der Waals surface area contributed by atoms with E-state index in [1.807, 2.05) is 0 Å². The van der Waals surface area contributed by atoms with Crippen molar-refractivity contribution in [1.82, 2.24) is 5.32 Å². The molecule has 0 saturated carbocycles. The number of hydrogen-bond donors (Lipinski definition) is 1. The first kappa shape index (κ1) is 15.0. The molecule has 5 nitrogen and oxygen atoms in total. The summed E-state index contributed by atoms with van der Waals surface area (Å²) in [6, 6.07) is 4.79. The Balaban J connectivity index is 2.52. The smallest absolute Gasteiger partial charge is 0.257 e. The Labute approximate surface area is 112 Å². The summed E-state index contributed by atoms with van der Waals surface area (Å²) in [5, 5.41) is 2.75. The predicted molar refractivity (Wildman–Crippen MR) is 71.8 cm³/mol. The van der Waals surface area contributed by atoms with Crippen molar-refractivity contribution in [1.29, 1.82) is 0 Å². The molecule has 0 radical (unpaired) electrons. The second-order valence-electron chi connectivity index (χ2n) is 4.02. The third kappa shape index (κ3) is 4.99. The highest BCUT2D eigenvalue weighted by Crippen LogP contribution is 2.27. The van der Waals surface area contributed by atoms with Crippen LogP contribution in [-0.2, 0) is 4.79 Å². The van der Waals surface area contributed by atoms with Gasteiger partial charge in [0.1, 0.15) is 6.29 Å². The summed E-state index contributed by atoms with van der Waals surface area (Å²) in [6.07, 6.45) is 2.70. The quantitative estimate of drug-likeness (QED) is 0.575. The molecule has 0 bridgehead atoms. The number of aldehydes is 1. The van der Waals surface area contributed by atoms with Crippen LogP contribution in [0.3, 0.4) is 0 Å². The van der Waals surface area contributed by atoms with Gasteiger partial charge in [-0.3, -0.25) is 9.59 Å². The van der Waals surface area contributed by atoms with Crippen molar-refractivity contribution < 1.29 is 19.1 Å². The zero-order chi connectivity index (χ0) is 14.1. The van der Waals surface area contributed by atoms with Crippen LogP contribution < -0.4 is 14.8 Å². The van der Waals surface area contributed by atoms with Gasteiger partial charge in [0.05, 0.1) is 7.11 Å². The molecule has 1 amide bonds. The molecular weight excluding hydrogens is 246 g/mol. The minimum absolute atomic E-state index is 0.0689. The summed E-state index contributed by atoms with van der Waals surface area (Å²) in [6.45, 7) is 2.64. The lowest BCUT2D eigenvalue weighted by molar-refractivity contribution is -0.123. The molecule has 0 aromatic heterocycles. The number of benzene rings is 1. The lowest BCUT2D eigenvalue weighted by Crippen LogP contribution is -2.29. The Bertz CT molecular complexity index is 431. The van der Waals surface area contributed by atoms with Crippen LogP contribution in [0.5, 0.6) is 11.5 Å². The zero-order valence-corrected chi connectivity index (χ0v) is 11.3. The first-order chi connectivity index (χ1) is 9.21.